The van der Waals surface area contributed by atoms with Crippen molar-refractivity contribution in [3.8, 4) is 0 Å². The van der Waals surface area contributed by atoms with Crippen LogP contribution in [0.4, 0.5) is 0 Å². The fourth-order valence-electron chi connectivity index (χ4n) is 1.61. The third-order valence-corrected chi connectivity index (χ3v) is 4.83. The van der Waals surface area contributed by atoms with Crippen LogP contribution < -0.4 is 0 Å². The second-order valence-electron chi connectivity index (χ2n) is 4.25. The maximum Gasteiger partial charge on any atom is 0.304 e. The number of pyridine rings is 1. The first-order valence-electron chi connectivity index (χ1n) is 6.20. The predicted molar refractivity (Wildman–Crippen MR) is 74.1 cm³/mol. The van der Waals surface area contributed by atoms with Gasteiger partial charge in [-0.15, -0.1) is 0 Å². The van der Waals surface area contributed by atoms with E-state index in [1.54, 1.807) is 31.5 Å². The molecule has 1 rings (SSSR count). The van der Waals surface area contributed by atoms with E-state index in [9.17, 15) is 13.2 Å². The highest BCUT2D eigenvalue weighted by Crippen LogP contribution is 2.11. The number of aromatic nitrogens is 1. The van der Waals surface area contributed by atoms with E-state index in [4.69, 9.17) is 5.11 Å². The van der Waals surface area contributed by atoms with Crippen LogP contribution in [0.1, 0.15) is 18.9 Å². The molecule has 20 heavy (non-hydrogen) atoms. The molecule has 7 nitrogen and oxygen atoms in total. The first-order valence-corrected chi connectivity index (χ1v) is 7.59. The minimum atomic E-state index is -3.66. The molecule has 0 spiro atoms. The quantitative estimate of drug-likeness (QED) is 0.757. The zero-order valence-corrected chi connectivity index (χ0v) is 12.4. The summed E-state index contributed by atoms with van der Waals surface area (Å²) >= 11 is 0. The molecule has 0 saturated carbocycles. The van der Waals surface area contributed by atoms with Crippen LogP contribution in [0.2, 0.25) is 0 Å². The lowest BCUT2D eigenvalue weighted by molar-refractivity contribution is -0.137. The van der Waals surface area contributed by atoms with Crippen molar-refractivity contribution in [3.63, 3.8) is 0 Å². The maximum atomic E-state index is 12.3. The Bertz CT molecular complexity index is 533. The van der Waals surface area contributed by atoms with E-state index < -0.39 is 16.2 Å². The van der Waals surface area contributed by atoms with Crippen LogP contribution in [0.3, 0.4) is 0 Å². The topological polar surface area (TPSA) is 90.8 Å². The molecule has 0 fully saturated rings. The van der Waals surface area contributed by atoms with Gasteiger partial charge in [0.2, 0.25) is 0 Å². The van der Waals surface area contributed by atoms with E-state index in [0.717, 1.165) is 9.87 Å². The van der Waals surface area contributed by atoms with Crippen LogP contribution in [-0.4, -0.2) is 53.2 Å². The Balaban J connectivity index is 2.79. The Morgan fingerprint density at radius 2 is 1.95 bits per heavy atom. The van der Waals surface area contributed by atoms with Gasteiger partial charge >= 0.3 is 5.97 Å². The molecule has 0 aliphatic heterocycles. The number of hydrogen-bond acceptors (Lipinski definition) is 4. The molecule has 8 heteroatoms. The summed E-state index contributed by atoms with van der Waals surface area (Å²) < 4.78 is 27.0. The van der Waals surface area contributed by atoms with E-state index in [-0.39, 0.29) is 19.5 Å². The Hall–Kier alpha value is -1.51. The SMILES string of the molecule is CCN(Cc1ccncc1)S(=O)(=O)N(C)CCC(=O)O. The number of carboxylic acids is 1. The van der Waals surface area contributed by atoms with E-state index in [0.29, 0.717) is 6.54 Å². The lowest BCUT2D eigenvalue weighted by Gasteiger charge is -2.26. The van der Waals surface area contributed by atoms with Gasteiger partial charge in [0.15, 0.2) is 0 Å². The molecule has 0 saturated heterocycles. The number of nitrogens with zero attached hydrogens (tertiary/aromatic N) is 3. The zero-order chi connectivity index (χ0) is 15.2. The summed E-state index contributed by atoms with van der Waals surface area (Å²) in [6.07, 6.45) is 2.98. The highest BCUT2D eigenvalue weighted by atomic mass is 32.2. The van der Waals surface area contributed by atoms with Gasteiger partial charge in [-0.1, -0.05) is 6.92 Å². The number of rotatable bonds is 8. The minimum Gasteiger partial charge on any atom is -0.481 e. The summed E-state index contributed by atoms with van der Waals surface area (Å²) in [6, 6.07) is 3.49. The standard InChI is InChI=1S/C12H19N3O4S/c1-3-15(10-11-4-7-13-8-5-11)20(18,19)14(2)9-6-12(16)17/h4-5,7-8H,3,6,9-10H2,1-2H3,(H,16,17). The van der Waals surface area contributed by atoms with Gasteiger partial charge in [-0.25, -0.2) is 0 Å². The number of aliphatic carboxylic acids is 1. The molecule has 0 radical (unpaired) electrons. The number of carboxylic acid groups (broad SMARTS) is 1. The molecule has 0 amide bonds. The maximum absolute atomic E-state index is 12.3. The fourth-order valence-corrected chi connectivity index (χ4v) is 2.97. The molecule has 0 aromatic carbocycles. The second-order valence-corrected chi connectivity index (χ2v) is 6.29. The van der Waals surface area contributed by atoms with Crippen molar-refractivity contribution in [2.75, 3.05) is 20.1 Å². The largest absolute Gasteiger partial charge is 0.481 e. The van der Waals surface area contributed by atoms with Gasteiger partial charge < -0.3 is 5.11 Å². The van der Waals surface area contributed by atoms with Crippen LogP contribution >= 0.6 is 0 Å². The molecule has 1 aromatic heterocycles. The number of hydrogen-bond donors (Lipinski definition) is 1. The summed E-state index contributed by atoms with van der Waals surface area (Å²) in [5.74, 6) is -1.02. The van der Waals surface area contributed by atoms with Crippen LogP contribution in [0, 0.1) is 0 Å². The van der Waals surface area contributed by atoms with Crippen LogP contribution in [-0.2, 0) is 21.5 Å². The predicted octanol–water partition coefficient (Wildman–Crippen LogP) is 0.555. The fraction of sp³-hybridized carbons (Fsp3) is 0.500. The van der Waals surface area contributed by atoms with Crippen LogP contribution in [0.15, 0.2) is 24.5 Å². The molecule has 1 heterocycles. The molecule has 1 aromatic rings. The monoisotopic (exact) mass is 301 g/mol. The molecule has 0 bridgehead atoms. The van der Waals surface area contributed by atoms with E-state index >= 15 is 0 Å². The average Bonchev–Trinajstić information content (AvgIpc) is 2.42. The molecule has 0 atom stereocenters. The van der Waals surface area contributed by atoms with Crippen molar-refractivity contribution in [1.29, 1.82) is 0 Å². The average molecular weight is 301 g/mol. The Labute approximate surface area is 119 Å². The molecular weight excluding hydrogens is 282 g/mol. The minimum absolute atomic E-state index is 0.0511. The summed E-state index contributed by atoms with van der Waals surface area (Å²) in [4.78, 5) is 14.4. The van der Waals surface area contributed by atoms with E-state index in [1.807, 2.05) is 0 Å². The van der Waals surface area contributed by atoms with Gasteiger partial charge in [0.25, 0.3) is 10.2 Å². The summed E-state index contributed by atoms with van der Waals surface area (Å²) in [6.45, 7) is 2.23. The van der Waals surface area contributed by atoms with Crippen molar-refractivity contribution in [1.82, 2.24) is 13.6 Å². The van der Waals surface area contributed by atoms with Gasteiger partial charge in [-0.05, 0) is 17.7 Å². The highest BCUT2D eigenvalue weighted by molar-refractivity contribution is 7.86. The molecule has 112 valence electrons. The van der Waals surface area contributed by atoms with E-state index in [2.05, 4.69) is 4.98 Å². The summed E-state index contributed by atoms with van der Waals surface area (Å²) in [5.41, 5.74) is 0.831. The third-order valence-electron chi connectivity index (χ3n) is 2.82. The highest BCUT2D eigenvalue weighted by Gasteiger charge is 2.25. The summed E-state index contributed by atoms with van der Waals surface area (Å²) in [5, 5.41) is 8.62. The molecule has 0 aliphatic rings. The molecule has 0 aliphatic carbocycles. The molecular formula is C12H19N3O4S. The Morgan fingerprint density at radius 1 is 1.35 bits per heavy atom. The zero-order valence-electron chi connectivity index (χ0n) is 11.6. The van der Waals surface area contributed by atoms with Gasteiger partial charge in [-0.3, -0.25) is 9.78 Å². The summed E-state index contributed by atoms with van der Waals surface area (Å²) in [7, 11) is -2.28. The van der Waals surface area contributed by atoms with Gasteiger partial charge in [0.1, 0.15) is 0 Å². The third kappa shape index (κ3) is 4.55. The second kappa shape index (κ2) is 7.32. The molecule has 1 N–H and O–H groups in total. The first-order chi connectivity index (χ1) is 9.37. The van der Waals surface area contributed by atoms with Crippen molar-refractivity contribution in [2.45, 2.75) is 19.9 Å². The number of carbonyl (C=O) groups is 1. The van der Waals surface area contributed by atoms with Gasteiger partial charge in [0, 0.05) is 39.1 Å². The van der Waals surface area contributed by atoms with Crippen LogP contribution in [0.5, 0.6) is 0 Å². The van der Waals surface area contributed by atoms with E-state index in [1.165, 1.54) is 11.4 Å². The first kappa shape index (κ1) is 16.5. The van der Waals surface area contributed by atoms with Crippen molar-refractivity contribution in [3.05, 3.63) is 30.1 Å². The Kier molecular flexibility index (Phi) is 6.05. The van der Waals surface area contributed by atoms with Crippen molar-refractivity contribution < 1.29 is 18.3 Å². The smallest absolute Gasteiger partial charge is 0.304 e. The Morgan fingerprint density at radius 3 is 2.45 bits per heavy atom. The van der Waals surface area contributed by atoms with Crippen LogP contribution in [0.25, 0.3) is 0 Å². The van der Waals surface area contributed by atoms with Gasteiger partial charge in [0.05, 0.1) is 6.42 Å². The van der Waals surface area contributed by atoms with Gasteiger partial charge in [-0.2, -0.15) is 17.0 Å². The lowest BCUT2D eigenvalue weighted by atomic mass is 10.3. The van der Waals surface area contributed by atoms with Crippen molar-refractivity contribution in [2.24, 2.45) is 0 Å². The van der Waals surface area contributed by atoms with Crippen molar-refractivity contribution >= 4 is 16.2 Å². The lowest BCUT2D eigenvalue weighted by Crippen LogP contribution is -2.42. The normalized spacial score (nSPS) is 12.0. The molecule has 0 unspecified atom stereocenters.